The third-order valence-corrected chi connectivity index (χ3v) is 4.45. The second-order valence-corrected chi connectivity index (χ2v) is 6.75. The Hall–Kier alpha value is -2.09. The summed E-state index contributed by atoms with van der Waals surface area (Å²) in [6.45, 7) is -1.18. The number of hydrogen-bond acceptors (Lipinski definition) is 3. The van der Waals surface area contributed by atoms with E-state index in [0.29, 0.717) is 5.56 Å². The summed E-state index contributed by atoms with van der Waals surface area (Å²) in [5.41, 5.74) is 1.43. The molecule has 1 aliphatic carbocycles. The van der Waals surface area contributed by atoms with Gasteiger partial charge in [-0.2, -0.15) is 13.2 Å². The highest BCUT2D eigenvalue weighted by Gasteiger charge is 2.27. The zero-order valence-electron chi connectivity index (χ0n) is 15.1. The smallest absolute Gasteiger partial charge is 0.367 e. The maximum absolute atomic E-state index is 12.0. The molecular formula is C19H25F3N2O3. The minimum absolute atomic E-state index is 0.0126. The van der Waals surface area contributed by atoms with Gasteiger partial charge in [0.15, 0.2) is 0 Å². The van der Waals surface area contributed by atoms with Gasteiger partial charge in [0.05, 0.1) is 13.2 Å². The van der Waals surface area contributed by atoms with Crippen molar-refractivity contribution in [2.45, 2.75) is 51.4 Å². The first-order valence-electron chi connectivity index (χ1n) is 9.10. The average Bonchev–Trinajstić information content (AvgIpc) is 2.65. The van der Waals surface area contributed by atoms with Crippen LogP contribution in [0.15, 0.2) is 24.3 Å². The van der Waals surface area contributed by atoms with E-state index in [-0.39, 0.29) is 37.4 Å². The lowest BCUT2D eigenvalue weighted by Gasteiger charge is -2.20. The van der Waals surface area contributed by atoms with Crippen molar-refractivity contribution in [3.63, 3.8) is 0 Å². The summed E-state index contributed by atoms with van der Waals surface area (Å²) in [7, 11) is 0. The summed E-state index contributed by atoms with van der Waals surface area (Å²) in [5.74, 6) is -0.330. The number of ether oxygens (including phenoxy) is 1. The van der Waals surface area contributed by atoms with Crippen molar-refractivity contribution >= 4 is 11.8 Å². The van der Waals surface area contributed by atoms with Crippen molar-refractivity contribution in [3.05, 3.63) is 35.4 Å². The van der Waals surface area contributed by atoms with Crippen LogP contribution in [0, 0.1) is 5.92 Å². The maximum Gasteiger partial charge on any atom is 0.411 e. The van der Waals surface area contributed by atoms with Gasteiger partial charge in [-0.05, 0) is 24.0 Å². The third-order valence-electron chi connectivity index (χ3n) is 4.45. The molecule has 150 valence electrons. The Labute approximate surface area is 156 Å². The summed E-state index contributed by atoms with van der Waals surface area (Å²) in [5, 5.41) is 5.38. The van der Waals surface area contributed by atoms with Crippen LogP contribution < -0.4 is 10.6 Å². The number of hydrogen-bond donors (Lipinski definition) is 2. The molecule has 2 rings (SSSR count). The Morgan fingerprint density at radius 3 is 2.26 bits per heavy atom. The zero-order valence-corrected chi connectivity index (χ0v) is 15.1. The average molecular weight is 386 g/mol. The summed E-state index contributed by atoms with van der Waals surface area (Å²) in [6, 6.07) is 6.74. The monoisotopic (exact) mass is 386 g/mol. The van der Waals surface area contributed by atoms with Gasteiger partial charge in [0, 0.05) is 12.5 Å². The van der Waals surface area contributed by atoms with Crippen LogP contribution >= 0.6 is 0 Å². The molecule has 5 nitrogen and oxygen atoms in total. The number of carbonyl (C=O) groups excluding carboxylic acids is 2. The Balaban J connectivity index is 1.65. The van der Waals surface area contributed by atoms with Crippen molar-refractivity contribution < 1.29 is 27.5 Å². The van der Waals surface area contributed by atoms with Gasteiger partial charge in [-0.15, -0.1) is 0 Å². The fourth-order valence-corrected chi connectivity index (χ4v) is 2.98. The van der Waals surface area contributed by atoms with Crippen molar-refractivity contribution in [1.82, 2.24) is 10.6 Å². The van der Waals surface area contributed by atoms with Crippen LogP contribution in [0.25, 0.3) is 0 Å². The highest BCUT2D eigenvalue weighted by Crippen LogP contribution is 2.23. The summed E-state index contributed by atoms with van der Waals surface area (Å²) >= 11 is 0. The van der Waals surface area contributed by atoms with Crippen molar-refractivity contribution in [1.29, 1.82) is 0 Å². The number of carbonyl (C=O) groups is 2. The molecule has 0 spiro atoms. The van der Waals surface area contributed by atoms with Crippen LogP contribution in [-0.4, -0.2) is 31.1 Å². The van der Waals surface area contributed by atoms with Gasteiger partial charge in [-0.25, -0.2) is 0 Å². The molecule has 0 saturated heterocycles. The minimum atomic E-state index is -4.34. The van der Waals surface area contributed by atoms with Crippen LogP contribution in [0.1, 0.15) is 43.2 Å². The Morgan fingerprint density at radius 1 is 1.00 bits per heavy atom. The lowest BCUT2D eigenvalue weighted by Crippen LogP contribution is -2.39. The summed E-state index contributed by atoms with van der Waals surface area (Å²) in [6.07, 6.45) is 0.705. The molecule has 1 aromatic rings. The fraction of sp³-hybridized carbons (Fsp3) is 0.579. The number of alkyl halides is 3. The van der Waals surface area contributed by atoms with Gasteiger partial charge in [-0.1, -0.05) is 43.5 Å². The van der Waals surface area contributed by atoms with Crippen LogP contribution in [0.3, 0.4) is 0 Å². The highest BCUT2D eigenvalue weighted by molar-refractivity contribution is 5.85. The van der Waals surface area contributed by atoms with Crippen molar-refractivity contribution in [3.8, 4) is 0 Å². The van der Waals surface area contributed by atoms with Gasteiger partial charge >= 0.3 is 6.18 Å². The molecule has 27 heavy (non-hydrogen) atoms. The molecule has 2 amide bonds. The zero-order chi connectivity index (χ0) is 19.7. The van der Waals surface area contributed by atoms with Crippen LogP contribution in [0.4, 0.5) is 13.2 Å². The third kappa shape index (κ3) is 8.43. The second kappa shape index (κ2) is 10.3. The first-order chi connectivity index (χ1) is 12.8. The molecule has 0 aromatic heterocycles. The van der Waals surface area contributed by atoms with E-state index in [0.717, 1.165) is 37.7 Å². The number of halogens is 3. The quantitative estimate of drug-likeness (QED) is 0.722. The van der Waals surface area contributed by atoms with Crippen molar-refractivity contribution in [2.75, 3.05) is 13.2 Å². The van der Waals surface area contributed by atoms with Gasteiger partial charge in [0.1, 0.15) is 6.61 Å². The number of benzene rings is 1. The highest BCUT2D eigenvalue weighted by atomic mass is 19.4. The van der Waals surface area contributed by atoms with Crippen LogP contribution in [0.5, 0.6) is 0 Å². The Bertz CT molecular complexity index is 612. The van der Waals surface area contributed by atoms with E-state index in [1.165, 1.54) is 0 Å². The SMILES string of the molecule is O=C(CNC(=O)C1CCCCC1)NCc1ccc(COCC(F)(F)F)cc1. The summed E-state index contributed by atoms with van der Waals surface area (Å²) < 4.78 is 40.7. The Morgan fingerprint density at radius 2 is 1.63 bits per heavy atom. The van der Waals surface area contributed by atoms with E-state index in [4.69, 9.17) is 0 Å². The predicted molar refractivity (Wildman–Crippen MR) is 93.6 cm³/mol. The second-order valence-electron chi connectivity index (χ2n) is 6.75. The molecule has 1 aromatic carbocycles. The van der Waals surface area contributed by atoms with E-state index < -0.39 is 12.8 Å². The molecular weight excluding hydrogens is 361 g/mol. The molecule has 2 N–H and O–H groups in total. The minimum Gasteiger partial charge on any atom is -0.367 e. The van der Waals surface area contributed by atoms with Gasteiger partial charge in [0.2, 0.25) is 11.8 Å². The first-order valence-corrected chi connectivity index (χ1v) is 9.10. The molecule has 1 fully saturated rings. The van der Waals surface area contributed by atoms with Crippen molar-refractivity contribution in [2.24, 2.45) is 5.92 Å². The molecule has 0 radical (unpaired) electrons. The molecule has 0 heterocycles. The molecule has 1 aliphatic rings. The molecule has 8 heteroatoms. The molecule has 0 unspecified atom stereocenters. The lowest BCUT2D eigenvalue weighted by atomic mass is 9.89. The normalized spacial score (nSPS) is 15.4. The maximum atomic E-state index is 12.0. The van der Waals surface area contributed by atoms with E-state index in [2.05, 4.69) is 15.4 Å². The molecule has 0 aliphatic heterocycles. The van der Waals surface area contributed by atoms with Gasteiger partial charge in [0.25, 0.3) is 0 Å². The van der Waals surface area contributed by atoms with Gasteiger partial charge < -0.3 is 15.4 Å². The van der Waals surface area contributed by atoms with E-state index >= 15 is 0 Å². The number of rotatable bonds is 8. The molecule has 0 bridgehead atoms. The number of amides is 2. The molecule has 1 saturated carbocycles. The largest absolute Gasteiger partial charge is 0.411 e. The van der Waals surface area contributed by atoms with Crippen LogP contribution in [0.2, 0.25) is 0 Å². The number of nitrogens with one attached hydrogen (secondary N) is 2. The topological polar surface area (TPSA) is 67.4 Å². The van der Waals surface area contributed by atoms with E-state index in [1.807, 2.05) is 0 Å². The summed E-state index contributed by atoms with van der Waals surface area (Å²) in [4.78, 5) is 23.8. The van der Waals surface area contributed by atoms with E-state index in [1.54, 1.807) is 24.3 Å². The van der Waals surface area contributed by atoms with Gasteiger partial charge in [-0.3, -0.25) is 9.59 Å². The Kier molecular flexibility index (Phi) is 8.09. The first kappa shape index (κ1) is 21.2. The predicted octanol–water partition coefficient (Wildman–Crippen LogP) is 3.08. The molecule has 0 atom stereocenters. The standard InChI is InChI=1S/C19H25F3N2O3/c20-19(21,22)13-27-12-15-8-6-14(7-9-15)10-23-17(25)11-24-18(26)16-4-2-1-3-5-16/h6-9,16H,1-5,10-13H2,(H,23,25)(H,24,26). The lowest BCUT2D eigenvalue weighted by molar-refractivity contribution is -0.176. The van der Waals surface area contributed by atoms with E-state index in [9.17, 15) is 22.8 Å². The van der Waals surface area contributed by atoms with Crippen LogP contribution in [-0.2, 0) is 27.5 Å². The fourth-order valence-electron chi connectivity index (χ4n) is 2.98.